The van der Waals surface area contributed by atoms with E-state index in [4.69, 9.17) is 10.5 Å². The van der Waals surface area contributed by atoms with Crippen LogP contribution in [0.4, 0.5) is 10.2 Å². The van der Waals surface area contributed by atoms with Crippen molar-refractivity contribution in [3.63, 3.8) is 0 Å². The van der Waals surface area contributed by atoms with E-state index >= 15 is 0 Å². The topological polar surface area (TPSA) is 103 Å². The van der Waals surface area contributed by atoms with Crippen molar-refractivity contribution in [1.29, 1.82) is 5.26 Å². The first-order chi connectivity index (χ1) is 13.5. The molecule has 7 nitrogen and oxygen atoms in total. The average molecular weight is 376 g/mol. The molecule has 1 aromatic carbocycles. The molecule has 1 aliphatic rings. The number of benzene rings is 1. The summed E-state index contributed by atoms with van der Waals surface area (Å²) in [5.41, 5.74) is 9.53. The van der Waals surface area contributed by atoms with Crippen LogP contribution in [0.2, 0.25) is 0 Å². The second kappa shape index (κ2) is 6.78. The molecule has 0 saturated heterocycles. The van der Waals surface area contributed by atoms with Crippen molar-refractivity contribution in [2.75, 3.05) is 5.73 Å². The van der Waals surface area contributed by atoms with Gasteiger partial charge in [0.25, 0.3) is 5.88 Å². The number of anilines is 1. The summed E-state index contributed by atoms with van der Waals surface area (Å²) in [6, 6.07) is 6.69. The summed E-state index contributed by atoms with van der Waals surface area (Å²) < 4.78 is 21.3. The Morgan fingerprint density at radius 3 is 3.00 bits per heavy atom. The molecule has 0 aliphatic carbocycles. The number of nitriles is 1. The molecule has 0 amide bonds. The Bertz CT molecular complexity index is 1140. The zero-order valence-electron chi connectivity index (χ0n) is 15.3. The van der Waals surface area contributed by atoms with E-state index in [2.05, 4.69) is 21.1 Å². The van der Waals surface area contributed by atoms with Gasteiger partial charge in [0.2, 0.25) is 0 Å². The fourth-order valence-corrected chi connectivity index (χ4v) is 3.29. The van der Waals surface area contributed by atoms with Crippen LogP contribution in [0.3, 0.4) is 0 Å². The molecule has 1 atom stereocenters. The molecule has 1 aliphatic heterocycles. The van der Waals surface area contributed by atoms with Crippen molar-refractivity contribution in [1.82, 2.24) is 19.7 Å². The summed E-state index contributed by atoms with van der Waals surface area (Å²) in [4.78, 5) is 8.65. The normalized spacial score (nSPS) is 16.6. The van der Waals surface area contributed by atoms with E-state index < -0.39 is 6.10 Å². The second-order valence-electron chi connectivity index (χ2n) is 6.49. The number of allylic oxidation sites excluding steroid dienone is 1. The fourth-order valence-electron chi connectivity index (χ4n) is 3.29. The van der Waals surface area contributed by atoms with Crippen LogP contribution in [0, 0.1) is 17.1 Å². The van der Waals surface area contributed by atoms with Gasteiger partial charge < -0.3 is 10.5 Å². The van der Waals surface area contributed by atoms with Crippen LogP contribution in [0.1, 0.15) is 35.5 Å². The van der Waals surface area contributed by atoms with E-state index in [1.807, 2.05) is 12.2 Å². The highest BCUT2D eigenvalue weighted by molar-refractivity contribution is 5.70. The molecule has 0 radical (unpaired) electrons. The molecule has 2 aromatic heterocycles. The number of nitrogens with zero attached hydrogens (tertiary/aromatic N) is 5. The minimum Gasteiger partial charge on any atom is -0.467 e. The lowest BCUT2D eigenvalue weighted by atomic mass is 10.0. The third-order valence-corrected chi connectivity index (χ3v) is 4.63. The van der Waals surface area contributed by atoms with Gasteiger partial charge in [-0.2, -0.15) is 10.4 Å². The number of fused-ring (bicyclic) bond motifs is 5. The maximum absolute atomic E-state index is 13.8. The van der Waals surface area contributed by atoms with Crippen molar-refractivity contribution in [2.45, 2.75) is 19.4 Å². The monoisotopic (exact) mass is 376 g/mol. The SMILES string of the molecule is C[C@H]1Oc2nc(cnc2N)-c2c(nn(C)c2C#N)C/C=C\c2ccc(F)cc21. The first kappa shape index (κ1) is 17.7. The molecule has 2 bridgehead atoms. The van der Waals surface area contributed by atoms with Crippen LogP contribution in [0.15, 0.2) is 30.5 Å². The van der Waals surface area contributed by atoms with Gasteiger partial charge in [0.15, 0.2) is 5.82 Å². The van der Waals surface area contributed by atoms with Crippen LogP contribution in [0.25, 0.3) is 17.3 Å². The minimum atomic E-state index is -0.509. The largest absolute Gasteiger partial charge is 0.467 e. The Labute approximate surface area is 160 Å². The molecule has 0 fully saturated rings. The maximum atomic E-state index is 13.8. The zero-order chi connectivity index (χ0) is 19.8. The molecule has 0 unspecified atom stereocenters. The average Bonchev–Trinajstić information content (AvgIpc) is 2.99. The summed E-state index contributed by atoms with van der Waals surface area (Å²) in [7, 11) is 1.70. The standard InChI is InChI=1S/C20H17FN6O/c1-11-14-8-13(21)7-6-12(14)4-3-5-15-18(17(9-22)27(2)26-15)16-10-24-19(23)20(25-16)28-11/h3-4,6-8,10-11H,5H2,1-2H3,(H2,23,24)/b4-3-/t11-/m1/s1. The van der Waals surface area contributed by atoms with Gasteiger partial charge >= 0.3 is 0 Å². The molecule has 4 rings (SSSR count). The van der Waals surface area contributed by atoms with Crippen LogP contribution in [-0.4, -0.2) is 19.7 Å². The first-order valence-corrected chi connectivity index (χ1v) is 8.69. The summed E-state index contributed by atoms with van der Waals surface area (Å²) in [6.07, 6.45) is 5.27. The summed E-state index contributed by atoms with van der Waals surface area (Å²) in [6.45, 7) is 1.79. The van der Waals surface area contributed by atoms with Gasteiger partial charge in [-0.15, -0.1) is 0 Å². The van der Waals surface area contributed by atoms with Crippen LogP contribution in [-0.2, 0) is 13.5 Å². The smallest absolute Gasteiger partial charge is 0.258 e. The number of hydrogen-bond donors (Lipinski definition) is 1. The number of nitrogens with two attached hydrogens (primary N) is 1. The van der Waals surface area contributed by atoms with E-state index in [1.54, 1.807) is 20.0 Å². The Balaban J connectivity index is 1.96. The van der Waals surface area contributed by atoms with Gasteiger partial charge in [0.1, 0.15) is 23.7 Å². The Kier molecular flexibility index (Phi) is 4.28. The lowest BCUT2D eigenvalue weighted by Gasteiger charge is -2.18. The van der Waals surface area contributed by atoms with E-state index in [0.29, 0.717) is 34.6 Å². The number of rotatable bonds is 0. The van der Waals surface area contributed by atoms with Crippen molar-refractivity contribution in [3.8, 4) is 23.2 Å². The van der Waals surface area contributed by atoms with Crippen molar-refractivity contribution in [3.05, 3.63) is 58.8 Å². The molecule has 2 N–H and O–H groups in total. The second-order valence-corrected chi connectivity index (χ2v) is 6.49. The maximum Gasteiger partial charge on any atom is 0.258 e. The lowest BCUT2D eigenvalue weighted by Crippen LogP contribution is -2.10. The van der Waals surface area contributed by atoms with Gasteiger partial charge in [-0.05, 0) is 24.6 Å². The number of nitrogen functional groups attached to an aromatic ring is 1. The van der Waals surface area contributed by atoms with Crippen molar-refractivity contribution < 1.29 is 9.13 Å². The Hall–Kier alpha value is -3.73. The molecule has 8 heteroatoms. The molecular formula is C20H17FN6O. The summed E-state index contributed by atoms with van der Waals surface area (Å²) in [5, 5.41) is 14.0. The highest BCUT2D eigenvalue weighted by atomic mass is 19.1. The van der Waals surface area contributed by atoms with Gasteiger partial charge in [0, 0.05) is 19.0 Å². The quantitative estimate of drug-likeness (QED) is 0.646. The number of ether oxygens (including phenoxy) is 1. The molecular weight excluding hydrogens is 359 g/mol. The highest BCUT2D eigenvalue weighted by Crippen LogP contribution is 2.32. The zero-order valence-corrected chi connectivity index (χ0v) is 15.3. The van der Waals surface area contributed by atoms with E-state index in [1.165, 1.54) is 23.0 Å². The van der Waals surface area contributed by atoms with E-state index in [0.717, 1.165) is 5.56 Å². The predicted molar refractivity (Wildman–Crippen MR) is 102 cm³/mol. The Morgan fingerprint density at radius 1 is 1.39 bits per heavy atom. The van der Waals surface area contributed by atoms with Gasteiger partial charge in [-0.1, -0.05) is 18.2 Å². The van der Waals surface area contributed by atoms with Gasteiger partial charge in [0.05, 0.1) is 23.1 Å². The lowest BCUT2D eigenvalue weighted by molar-refractivity contribution is 0.217. The number of aromatic nitrogens is 4. The Morgan fingerprint density at radius 2 is 2.21 bits per heavy atom. The molecule has 3 aromatic rings. The van der Waals surface area contributed by atoms with Crippen LogP contribution < -0.4 is 10.5 Å². The van der Waals surface area contributed by atoms with Crippen LogP contribution in [0.5, 0.6) is 5.88 Å². The fraction of sp³-hybridized carbons (Fsp3) is 0.200. The minimum absolute atomic E-state index is 0.116. The summed E-state index contributed by atoms with van der Waals surface area (Å²) >= 11 is 0. The number of hydrogen-bond acceptors (Lipinski definition) is 6. The van der Waals surface area contributed by atoms with Gasteiger partial charge in [-0.3, -0.25) is 4.68 Å². The molecule has 140 valence electrons. The highest BCUT2D eigenvalue weighted by Gasteiger charge is 2.22. The summed E-state index contributed by atoms with van der Waals surface area (Å²) in [5.74, 6) is -0.110. The predicted octanol–water partition coefficient (Wildman–Crippen LogP) is 3.18. The van der Waals surface area contributed by atoms with E-state index in [-0.39, 0.29) is 17.5 Å². The third kappa shape index (κ3) is 2.97. The number of aryl methyl sites for hydroxylation is 1. The van der Waals surface area contributed by atoms with Gasteiger partial charge in [-0.25, -0.2) is 14.4 Å². The van der Waals surface area contributed by atoms with Crippen LogP contribution >= 0.6 is 0 Å². The third-order valence-electron chi connectivity index (χ3n) is 4.63. The van der Waals surface area contributed by atoms with E-state index in [9.17, 15) is 9.65 Å². The molecule has 28 heavy (non-hydrogen) atoms. The molecule has 3 heterocycles. The van der Waals surface area contributed by atoms with Crippen molar-refractivity contribution >= 4 is 11.9 Å². The molecule has 0 spiro atoms. The van der Waals surface area contributed by atoms with Crippen molar-refractivity contribution in [2.24, 2.45) is 7.05 Å². The number of halogens is 1. The first-order valence-electron chi connectivity index (χ1n) is 8.69. The molecule has 0 saturated carbocycles.